The van der Waals surface area contributed by atoms with Gasteiger partial charge in [-0.25, -0.2) is 4.98 Å². The number of aromatic nitrogens is 1. The number of ether oxygens (including phenoxy) is 1. The molecule has 4 heteroatoms. The zero-order valence-corrected chi connectivity index (χ0v) is 12.6. The molecule has 21 heavy (non-hydrogen) atoms. The van der Waals surface area contributed by atoms with Gasteiger partial charge in [-0.05, 0) is 38.0 Å². The Labute approximate surface area is 126 Å². The smallest absolute Gasteiger partial charge is 0.168 e. The van der Waals surface area contributed by atoms with Crippen LogP contribution in [0.2, 0.25) is 0 Å². The highest BCUT2D eigenvalue weighted by Gasteiger charge is 2.08. The van der Waals surface area contributed by atoms with Crippen LogP contribution in [0, 0.1) is 0 Å². The van der Waals surface area contributed by atoms with Crippen molar-refractivity contribution < 1.29 is 4.74 Å². The Bertz CT molecular complexity index is 543. The summed E-state index contributed by atoms with van der Waals surface area (Å²) in [7, 11) is 0. The Kier molecular flexibility index (Phi) is 5.58. The highest BCUT2D eigenvalue weighted by molar-refractivity contribution is 5.49. The van der Waals surface area contributed by atoms with Gasteiger partial charge >= 0.3 is 0 Å². The van der Waals surface area contributed by atoms with E-state index in [2.05, 4.69) is 22.4 Å². The van der Waals surface area contributed by atoms with Gasteiger partial charge in [0.05, 0.1) is 6.10 Å². The van der Waals surface area contributed by atoms with Crippen molar-refractivity contribution in [1.29, 1.82) is 0 Å². The van der Waals surface area contributed by atoms with Crippen molar-refractivity contribution in [3.63, 3.8) is 0 Å². The van der Waals surface area contributed by atoms with Crippen molar-refractivity contribution in [1.82, 2.24) is 4.98 Å². The number of pyridine rings is 1. The molecule has 3 N–H and O–H groups in total. The lowest BCUT2D eigenvalue weighted by Crippen LogP contribution is -2.16. The summed E-state index contributed by atoms with van der Waals surface area (Å²) in [5.41, 5.74) is 7.34. The van der Waals surface area contributed by atoms with E-state index in [4.69, 9.17) is 10.5 Å². The zero-order valence-electron chi connectivity index (χ0n) is 12.6. The van der Waals surface area contributed by atoms with Gasteiger partial charge in [-0.3, -0.25) is 0 Å². The molecule has 112 valence electrons. The first-order valence-electron chi connectivity index (χ1n) is 7.33. The van der Waals surface area contributed by atoms with Crippen LogP contribution in [0.25, 0.3) is 0 Å². The predicted molar refractivity (Wildman–Crippen MR) is 86.5 cm³/mol. The molecule has 0 fully saturated rings. The first kappa shape index (κ1) is 15.3. The Morgan fingerprint density at radius 2 is 1.90 bits per heavy atom. The number of benzene rings is 1. The third-order valence-electron chi connectivity index (χ3n) is 3.11. The summed E-state index contributed by atoms with van der Waals surface area (Å²) in [6.45, 7) is 4.76. The molecule has 1 aromatic carbocycles. The number of anilines is 1. The summed E-state index contributed by atoms with van der Waals surface area (Å²) in [5.74, 6) is 1.55. The van der Waals surface area contributed by atoms with E-state index in [-0.39, 0.29) is 12.1 Å². The van der Waals surface area contributed by atoms with Crippen LogP contribution in [-0.4, -0.2) is 17.6 Å². The summed E-state index contributed by atoms with van der Waals surface area (Å²) in [5, 5.41) is 3.30. The molecule has 0 aliphatic heterocycles. The molecular formula is C17H23N3O. The van der Waals surface area contributed by atoms with Gasteiger partial charge in [0.2, 0.25) is 0 Å². The van der Waals surface area contributed by atoms with Crippen LogP contribution in [0.4, 0.5) is 5.82 Å². The minimum Gasteiger partial charge on any atom is -0.487 e. The highest BCUT2D eigenvalue weighted by atomic mass is 16.5. The highest BCUT2D eigenvalue weighted by Crippen LogP contribution is 2.22. The van der Waals surface area contributed by atoms with Crippen LogP contribution in [0.1, 0.15) is 31.9 Å². The molecule has 0 saturated carbocycles. The van der Waals surface area contributed by atoms with E-state index in [1.165, 1.54) is 0 Å². The van der Waals surface area contributed by atoms with Gasteiger partial charge in [0, 0.05) is 18.8 Å². The monoisotopic (exact) mass is 285 g/mol. The van der Waals surface area contributed by atoms with Crippen molar-refractivity contribution >= 4 is 5.82 Å². The quantitative estimate of drug-likeness (QED) is 0.819. The number of rotatable bonds is 7. The molecule has 1 heterocycles. The van der Waals surface area contributed by atoms with Crippen molar-refractivity contribution in [3.8, 4) is 5.75 Å². The van der Waals surface area contributed by atoms with Gasteiger partial charge < -0.3 is 15.8 Å². The van der Waals surface area contributed by atoms with Crippen molar-refractivity contribution in [3.05, 3.63) is 54.2 Å². The third-order valence-corrected chi connectivity index (χ3v) is 3.11. The summed E-state index contributed by atoms with van der Waals surface area (Å²) in [4.78, 5) is 4.32. The lowest BCUT2D eigenvalue weighted by Gasteiger charge is -2.16. The average molecular weight is 285 g/mol. The van der Waals surface area contributed by atoms with Crippen LogP contribution in [0.5, 0.6) is 5.75 Å². The Morgan fingerprint density at radius 3 is 2.62 bits per heavy atom. The molecule has 1 aromatic heterocycles. The minimum absolute atomic E-state index is 0.0249. The van der Waals surface area contributed by atoms with E-state index in [1.807, 2.05) is 44.2 Å². The van der Waals surface area contributed by atoms with Crippen LogP contribution >= 0.6 is 0 Å². The fourth-order valence-corrected chi connectivity index (χ4v) is 2.09. The Hall–Kier alpha value is -2.07. The molecule has 0 amide bonds. The summed E-state index contributed by atoms with van der Waals surface area (Å²) < 4.78 is 5.73. The van der Waals surface area contributed by atoms with Crippen LogP contribution in [-0.2, 0) is 0 Å². The minimum atomic E-state index is 0.0249. The molecule has 0 spiro atoms. The zero-order chi connectivity index (χ0) is 15.1. The first-order valence-corrected chi connectivity index (χ1v) is 7.33. The molecule has 0 saturated heterocycles. The van der Waals surface area contributed by atoms with E-state index in [0.29, 0.717) is 0 Å². The maximum absolute atomic E-state index is 6.19. The molecule has 2 rings (SSSR count). The molecule has 0 aliphatic rings. The van der Waals surface area contributed by atoms with Gasteiger partial charge in [-0.15, -0.1) is 0 Å². The van der Waals surface area contributed by atoms with Crippen molar-refractivity contribution in [2.45, 2.75) is 32.4 Å². The second kappa shape index (κ2) is 7.64. The van der Waals surface area contributed by atoms with Gasteiger partial charge in [0.25, 0.3) is 0 Å². The fraction of sp³-hybridized carbons (Fsp3) is 0.353. The molecule has 4 nitrogen and oxygen atoms in total. The normalized spacial score (nSPS) is 12.2. The van der Waals surface area contributed by atoms with Crippen molar-refractivity contribution in [2.75, 3.05) is 11.9 Å². The standard InChI is InChI=1S/C17H23N3O/c1-13(2)21-16-9-6-11-19-17(16)20-12-10-15(18)14-7-4-3-5-8-14/h3-9,11,13,15H,10,12,18H2,1-2H3,(H,19,20). The first-order chi connectivity index (χ1) is 10.2. The van der Waals surface area contributed by atoms with Gasteiger partial charge in [-0.1, -0.05) is 30.3 Å². The number of nitrogens with zero attached hydrogens (tertiary/aromatic N) is 1. The van der Waals surface area contributed by atoms with E-state index < -0.39 is 0 Å². The lowest BCUT2D eigenvalue weighted by molar-refractivity contribution is 0.243. The third kappa shape index (κ3) is 4.76. The topological polar surface area (TPSA) is 60.2 Å². The molecular weight excluding hydrogens is 262 g/mol. The largest absolute Gasteiger partial charge is 0.487 e. The van der Waals surface area contributed by atoms with Crippen LogP contribution in [0.3, 0.4) is 0 Å². The molecule has 2 aromatic rings. The van der Waals surface area contributed by atoms with Crippen molar-refractivity contribution in [2.24, 2.45) is 5.73 Å². The summed E-state index contributed by atoms with van der Waals surface area (Å²) >= 11 is 0. The number of nitrogens with one attached hydrogen (secondary N) is 1. The number of hydrogen-bond donors (Lipinski definition) is 2. The van der Waals surface area contributed by atoms with E-state index in [0.717, 1.165) is 30.1 Å². The molecule has 0 bridgehead atoms. The number of nitrogens with two attached hydrogens (primary N) is 1. The summed E-state index contributed by atoms with van der Waals surface area (Å²) in [6, 6.07) is 13.9. The van der Waals surface area contributed by atoms with Gasteiger partial charge in [0.1, 0.15) is 0 Å². The Morgan fingerprint density at radius 1 is 1.14 bits per heavy atom. The van der Waals surface area contributed by atoms with E-state index >= 15 is 0 Å². The maximum atomic E-state index is 6.19. The summed E-state index contributed by atoms with van der Waals surface area (Å²) in [6.07, 6.45) is 2.72. The fourth-order valence-electron chi connectivity index (χ4n) is 2.09. The second-order valence-corrected chi connectivity index (χ2v) is 5.25. The Balaban J connectivity index is 1.89. The SMILES string of the molecule is CC(C)Oc1cccnc1NCCC(N)c1ccccc1. The average Bonchev–Trinajstić information content (AvgIpc) is 2.49. The molecule has 1 atom stereocenters. The lowest BCUT2D eigenvalue weighted by atomic mass is 10.1. The molecule has 1 unspecified atom stereocenters. The molecule has 0 radical (unpaired) electrons. The number of hydrogen-bond acceptors (Lipinski definition) is 4. The van der Waals surface area contributed by atoms with Gasteiger partial charge in [0.15, 0.2) is 11.6 Å². The van der Waals surface area contributed by atoms with Gasteiger partial charge in [-0.2, -0.15) is 0 Å². The molecule has 0 aliphatic carbocycles. The van der Waals surface area contributed by atoms with E-state index in [1.54, 1.807) is 6.20 Å². The van der Waals surface area contributed by atoms with E-state index in [9.17, 15) is 0 Å². The maximum Gasteiger partial charge on any atom is 0.168 e. The van der Waals surface area contributed by atoms with Crippen LogP contribution in [0.15, 0.2) is 48.7 Å². The second-order valence-electron chi connectivity index (χ2n) is 5.25. The van der Waals surface area contributed by atoms with Crippen LogP contribution < -0.4 is 15.8 Å². The predicted octanol–water partition coefficient (Wildman–Crippen LogP) is 3.37.